The Hall–Kier alpha value is -5.43. The Bertz CT molecular complexity index is 2010. The highest BCUT2D eigenvalue weighted by Gasteiger charge is 2.22. The molecule has 0 aliphatic carbocycles. The molecule has 2 aliphatic rings. The number of amides is 2. The van der Waals surface area contributed by atoms with Gasteiger partial charge in [-0.25, -0.2) is 19.9 Å². The summed E-state index contributed by atoms with van der Waals surface area (Å²) in [6, 6.07) is 9.68. The van der Waals surface area contributed by atoms with Gasteiger partial charge in [0, 0.05) is 72.0 Å². The minimum Gasteiger partial charge on any atom is -0.487 e. The number of ether oxygens (including phenoxy) is 2. The third-order valence-corrected chi connectivity index (χ3v) is 8.27. The lowest BCUT2D eigenvalue weighted by atomic mass is 9.96. The quantitative estimate of drug-likeness (QED) is 0.229. The zero-order valence-corrected chi connectivity index (χ0v) is 27.9. The average molecular weight is 711 g/mol. The van der Waals surface area contributed by atoms with Crippen molar-refractivity contribution in [3.8, 4) is 22.6 Å². The van der Waals surface area contributed by atoms with Crippen molar-refractivity contribution in [1.82, 2.24) is 24.5 Å². The summed E-state index contributed by atoms with van der Waals surface area (Å²) in [4.78, 5) is 51.4. The van der Waals surface area contributed by atoms with Gasteiger partial charge in [-0.05, 0) is 72.4 Å². The summed E-state index contributed by atoms with van der Waals surface area (Å²) in [6.07, 6.45) is 13.9. The Balaban J connectivity index is 0.000000177. The van der Waals surface area contributed by atoms with Crippen molar-refractivity contribution < 1.29 is 19.1 Å². The van der Waals surface area contributed by atoms with Gasteiger partial charge in [-0.2, -0.15) is 0 Å². The lowest BCUT2D eigenvalue weighted by molar-refractivity contribution is -0.117. The summed E-state index contributed by atoms with van der Waals surface area (Å²) in [6.45, 7) is 2.45. The average Bonchev–Trinajstić information content (AvgIpc) is 3.09. The second-order valence-electron chi connectivity index (χ2n) is 11.4. The van der Waals surface area contributed by atoms with Gasteiger partial charge in [-0.3, -0.25) is 14.4 Å². The first-order chi connectivity index (χ1) is 23.2. The van der Waals surface area contributed by atoms with E-state index in [1.165, 1.54) is 12.7 Å². The molecule has 13 heteroatoms. The maximum Gasteiger partial charge on any atom is 0.253 e. The maximum absolute atomic E-state index is 12.0. The van der Waals surface area contributed by atoms with Crippen LogP contribution in [0.2, 0.25) is 0 Å². The van der Waals surface area contributed by atoms with Gasteiger partial charge in [0.15, 0.2) is 0 Å². The third-order valence-electron chi connectivity index (χ3n) is 7.82. The number of hydrogen-bond acceptors (Lipinski definition) is 9. The molecular formula is C35H32BrN7O5. The number of carbonyl (C=O) groups is 2. The van der Waals surface area contributed by atoms with Gasteiger partial charge in [0.2, 0.25) is 11.8 Å². The van der Waals surface area contributed by atoms with Gasteiger partial charge in [-0.1, -0.05) is 15.9 Å². The van der Waals surface area contributed by atoms with Crippen LogP contribution in [0.25, 0.3) is 11.1 Å². The second kappa shape index (κ2) is 14.6. The molecular weight excluding hydrogens is 678 g/mol. The first-order valence-electron chi connectivity index (χ1n) is 15.2. The van der Waals surface area contributed by atoms with Crippen LogP contribution in [-0.4, -0.2) is 36.3 Å². The predicted octanol–water partition coefficient (Wildman–Crippen LogP) is 5.32. The molecule has 7 rings (SSSR count). The van der Waals surface area contributed by atoms with Crippen LogP contribution >= 0.6 is 15.9 Å². The van der Waals surface area contributed by atoms with Crippen molar-refractivity contribution >= 4 is 39.1 Å². The van der Waals surface area contributed by atoms with E-state index in [1.807, 2.05) is 36.5 Å². The van der Waals surface area contributed by atoms with Crippen molar-refractivity contribution in [2.24, 2.45) is 7.05 Å². The molecule has 0 radical (unpaired) electrons. The van der Waals surface area contributed by atoms with E-state index >= 15 is 0 Å². The van der Waals surface area contributed by atoms with Crippen LogP contribution in [0.15, 0.2) is 83.2 Å². The molecule has 0 fully saturated rings. The smallest absolute Gasteiger partial charge is 0.253 e. The van der Waals surface area contributed by atoms with E-state index in [4.69, 9.17) is 9.47 Å². The fourth-order valence-corrected chi connectivity index (χ4v) is 5.93. The van der Waals surface area contributed by atoms with Gasteiger partial charge in [0.25, 0.3) is 5.56 Å². The fourth-order valence-electron chi connectivity index (χ4n) is 5.45. The number of aryl methyl sites for hydroxylation is 4. The minimum absolute atomic E-state index is 0.0190. The summed E-state index contributed by atoms with van der Waals surface area (Å²) < 4.78 is 14.3. The lowest BCUT2D eigenvalue weighted by Crippen LogP contribution is -2.20. The van der Waals surface area contributed by atoms with Crippen molar-refractivity contribution in [3.05, 3.63) is 117 Å². The number of carbonyl (C=O) groups excluding carboxylic acids is 2. The number of pyridine rings is 1. The summed E-state index contributed by atoms with van der Waals surface area (Å²) in [5.74, 6) is 1.25. The Morgan fingerprint density at radius 3 is 1.77 bits per heavy atom. The predicted molar refractivity (Wildman–Crippen MR) is 183 cm³/mol. The fraction of sp³-hybridized carbons (Fsp3) is 0.229. The largest absolute Gasteiger partial charge is 0.487 e. The highest BCUT2D eigenvalue weighted by Crippen LogP contribution is 2.38. The van der Waals surface area contributed by atoms with E-state index < -0.39 is 0 Å². The van der Waals surface area contributed by atoms with E-state index in [0.29, 0.717) is 55.2 Å². The number of halogens is 1. The first kappa shape index (κ1) is 32.5. The molecule has 0 atom stereocenters. The van der Waals surface area contributed by atoms with Crippen LogP contribution in [0.4, 0.5) is 11.4 Å². The maximum atomic E-state index is 12.0. The normalized spacial score (nSPS) is 13.2. The number of nitrogens with one attached hydrogen (secondary N) is 2. The third kappa shape index (κ3) is 7.74. The molecule has 12 nitrogen and oxygen atoms in total. The number of rotatable bonds is 7. The van der Waals surface area contributed by atoms with Crippen molar-refractivity contribution in [2.45, 2.75) is 45.8 Å². The van der Waals surface area contributed by atoms with Crippen molar-refractivity contribution in [1.29, 1.82) is 0 Å². The summed E-state index contributed by atoms with van der Waals surface area (Å²) in [5, 5.41) is 5.80. The molecule has 2 N–H and O–H groups in total. The number of hydrogen-bond donors (Lipinski definition) is 2. The molecule has 0 saturated heterocycles. The molecule has 0 saturated carbocycles. The first-order valence-corrected chi connectivity index (χ1v) is 16.0. The molecule has 0 unspecified atom stereocenters. The van der Waals surface area contributed by atoms with Crippen LogP contribution < -0.4 is 25.7 Å². The van der Waals surface area contributed by atoms with Gasteiger partial charge in [0.1, 0.15) is 37.4 Å². The van der Waals surface area contributed by atoms with E-state index in [-0.39, 0.29) is 17.4 Å². The van der Waals surface area contributed by atoms with Gasteiger partial charge in [-0.15, -0.1) is 0 Å². The van der Waals surface area contributed by atoms with E-state index in [9.17, 15) is 14.4 Å². The van der Waals surface area contributed by atoms with Crippen LogP contribution in [0.1, 0.15) is 40.7 Å². The molecule has 0 spiro atoms. The summed E-state index contributed by atoms with van der Waals surface area (Å²) in [5.41, 5.74) is 7.80. The number of benzene rings is 2. The van der Waals surface area contributed by atoms with Crippen LogP contribution in [0.3, 0.4) is 0 Å². The van der Waals surface area contributed by atoms with E-state index in [2.05, 4.69) is 46.5 Å². The zero-order chi connectivity index (χ0) is 33.6. The lowest BCUT2D eigenvalue weighted by Gasteiger charge is -2.22. The van der Waals surface area contributed by atoms with Gasteiger partial charge < -0.3 is 24.7 Å². The molecule has 2 aromatic carbocycles. The molecule has 3 aromatic heterocycles. The molecule has 5 heterocycles. The SMILES string of the molecule is Cc1cc(-c2cc3c(c(OCc4cncnc4)c2)NC(=O)CC3)cn(C)c1=O.O=C1CCc2cc(Br)cc(OCc3cncnc3)c2N1. The Labute approximate surface area is 284 Å². The Morgan fingerprint density at radius 2 is 1.23 bits per heavy atom. The highest BCUT2D eigenvalue weighted by atomic mass is 79.9. The molecule has 5 aromatic rings. The zero-order valence-electron chi connectivity index (χ0n) is 26.3. The van der Waals surface area contributed by atoms with Crippen LogP contribution in [0.5, 0.6) is 11.5 Å². The highest BCUT2D eigenvalue weighted by molar-refractivity contribution is 9.10. The van der Waals surface area contributed by atoms with E-state index in [0.717, 1.165) is 50.0 Å². The summed E-state index contributed by atoms with van der Waals surface area (Å²) >= 11 is 3.47. The molecule has 244 valence electrons. The number of anilines is 2. The standard InChI is InChI=1S/C21H20N4O3.C14H12BrN3O2/c1-13-5-17(10-25(2)21(13)27)16-6-15-3-4-19(26)24-20(15)18(7-16)28-11-14-8-22-12-23-9-14;15-11-3-10-1-2-13(19)18-14(10)12(4-11)20-7-9-5-16-8-17-6-9/h5-10,12H,3-4,11H2,1-2H3,(H,24,26);3-6,8H,1-2,7H2,(H,18,19). The van der Waals surface area contributed by atoms with Crippen molar-refractivity contribution in [3.63, 3.8) is 0 Å². The summed E-state index contributed by atoms with van der Waals surface area (Å²) in [7, 11) is 1.74. The monoisotopic (exact) mass is 709 g/mol. The second-order valence-corrected chi connectivity index (χ2v) is 12.4. The van der Waals surface area contributed by atoms with Crippen molar-refractivity contribution in [2.75, 3.05) is 10.6 Å². The van der Waals surface area contributed by atoms with Crippen LogP contribution in [-0.2, 0) is 42.7 Å². The van der Waals surface area contributed by atoms with E-state index in [1.54, 1.807) is 43.3 Å². The van der Waals surface area contributed by atoms with Crippen LogP contribution in [0, 0.1) is 6.92 Å². The molecule has 0 bridgehead atoms. The number of fused-ring (bicyclic) bond motifs is 2. The Morgan fingerprint density at radius 1 is 0.708 bits per heavy atom. The minimum atomic E-state index is -0.0221. The molecule has 2 aliphatic heterocycles. The van der Waals surface area contributed by atoms with Gasteiger partial charge in [0.05, 0.1) is 11.4 Å². The topological polar surface area (TPSA) is 150 Å². The van der Waals surface area contributed by atoms with Gasteiger partial charge >= 0.3 is 0 Å². The Kier molecular flexibility index (Phi) is 9.86. The molecule has 48 heavy (non-hydrogen) atoms. The number of aromatic nitrogens is 5. The molecule has 2 amide bonds. The number of nitrogens with zero attached hydrogens (tertiary/aromatic N) is 5.